The van der Waals surface area contributed by atoms with Crippen LogP contribution in [0.25, 0.3) is 0 Å². The first-order chi connectivity index (χ1) is 9.53. The van der Waals surface area contributed by atoms with E-state index in [9.17, 15) is 18.4 Å². The summed E-state index contributed by atoms with van der Waals surface area (Å²) in [6, 6.07) is -0.771. The van der Waals surface area contributed by atoms with E-state index in [1.165, 1.54) is 0 Å². The molecule has 0 rings (SSSR count). The lowest BCUT2D eigenvalue weighted by Gasteiger charge is -2.26. The van der Waals surface area contributed by atoms with E-state index in [0.29, 0.717) is 0 Å². The predicted octanol–water partition coefficient (Wildman–Crippen LogP) is 2.14. The number of hydrogen-bond donors (Lipinski definition) is 1. The van der Waals surface area contributed by atoms with Gasteiger partial charge in [0.05, 0.1) is 6.61 Å². The lowest BCUT2D eigenvalue weighted by molar-refractivity contribution is -0.160. The first-order valence-corrected chi connectivity index (χ1v) is 6.91. The van der Waals surface area contributed by atoms with Crippen molar-refractivity contribution in [2.45, 2.75) is 59.1 Å². The Bertz CT molecular complexity index is 340. The Morgan fingerprint density at radius 1 is 1.19 bits per heavy atom. The summed E-state index contributed by atoms with van der Waals surface area (Å²) in [6.07, 6.45) is -2.64. The Balaban J connectivity index is 4.31. The molecule has 0 aromatic rings. The van der Waals surface area contributed by atoms with Crippen molar-refractivity contribution in [3.8, 4) is 0 Å². The van der Waals surface area contributed by atoms with Gasteiger partial charge in [-0.2, -0.15) is 0 Å². The van der Waals surface area contributed by atoms with Crippen LogP contribution < -0.4 is 5.32 Å². The summed E-state index contributed by atoms with van der Waals surface area (Å²) in [5.74, 6) is -1.10. The summed E-state index contributed by atoms with van der Waals surface area (Å²) in [5.41, 5.74) is -0.644. The third-order valence-electron chi connectivity index (χ3n) is 2.36. The monoisotopic (exact) mass is 309 g/mol. The van der Waals surface area contributed by atoms with Gasteiger partial charge in [-0.1, -0.05) is 13.8 Å². The minimum atomic E-state index is -2.56. The van der Waals surface area contributed by atoms with E-state index in [1.807, 2.05) is 0 Å². The molecule has 0 aromatic heterocycles. The third-order valence-corrected chi connectivity index (χ3v) is 2.36. The summed E-state index contributed by atoms with van der Waals surface area (Å²) in [4.78, 5) is 23.7. The molecule has 5 nitrogen and oxygen atoms in total. The maximum Gasteiger partial charge on any atom is 0.329 e. The molecule has 1 amide bonds. The first kappa shape index (κ1) is 19.8. The molecule has 0 aromatic carbocycles. The maximum atomic E-state index is 12.0. The van der Waals surface area contributed by atoms with Crippen LogP contribution in [0.3, 0.4) is 0 Å². The van der Waals surface area contributed by atoms with Crippen molar-refractivity contribution in [3.05, 3.63) is 0 Å². The number of alkyl halides is 2. The van der Waals surface area contributed by atoms with E-state index >= 15 is 0 Å². The highest BCUT2D eigenvalue weighted by molar-refractivity contribution is 5.84. The highest BCUT2D eigenvalue weighted by atomic mass is 19.3. The average Bonchev–Trinajstić information content (AvgIpc) is 2.28. The van der Waals surface area contributed by atoms with Crippen LogP contribution in [-0.2, 0) is 19.1 Å². The number of carbonyl (C=O) groups is 2. The highest BCUT2D eigenvalue weighted by Crippen LogP contribution is 2.12. The third kappa shape index (κ3) is 10.2. The molecule has 1 N–H and O–H groups in total. The Hall–Kier alpha value is -1.24. The van der Waals surface area contributed by atoms with Gasteiger partial charge in [-0.05, 0) is 26.7 Å². The molecule has 0 unspecified atom stereocenters. The van der Waals surface area contributed by atoms with Crippen LogP contribution in [0, 0.1) is 5.92 Å². The van der Waals surface area contributed by atoms with Gasteiger partial charge >= 0.3 is 5.97 Å². The second kappa shape index (κ2) is 8.92. The SMILES string of the molecule is CC(C)[C@@H](NC(=O)CCOCC(F)F)C(=O)OC(C)(C)C. The van der Waals surface area contributed by atoms with Gasteiger partial charge in [-0.3, -0.25) is 4.79 Å². The molecule has 0 saturated carbocycles. The number of hydrogen-bond acceptors (Lipinski definition) is 4. The Labute approximate surface area is 124 Å². The first-order valence-electron chi connectivity index (χ1n) is 6.91. The smallest absolute Gasteiger partial charge is 0.329 e. The summed E-state index contributed by atoms with van der Waals surface area (Å²) >= 11 is 0. The van der Waals surface area contributed by atoms with Crippen molar-refractivity contribution >= 4 is 11.9 Å². The van der Waals surface area contributed by atoms with Gasteiger partial charge < -0.3 is 14.8 Å². The van der Waals surface area contributed by atoms with Crippen LogP contribution >= 0.6 is 0 Å². The van der Waals surface area contributed by atoms with Crippen LogP contribution in [0.4, 0.5) is 8.78 Å². The highest BCUT2D eigenvalue weighted by Gasteiger charge is 2.28. The van der Waals surface area contributed by atoms with Crippen LogP contribution in [0.1, 0.15) is 41.0 Å². The van der Waals surface area contributed by atoms with Crippen molar-refractivity contribution in [1.82, 2.24) is 5.32 Å². The summed E-state index contributed by atoms with van der Waals surface area (Å²) in [5, 5.41) is 2.55. The van der Waals surface area contributed by atoms with Crippen molar-refractivity contribution in [1.29, 1.82) is 0 Å². The van der Waals surface area contributed by atoms with Crippen LogP contribution in [-0.4, -0.2) is 43.2 Å². The second-order valence-electron chi connectivity index (χ2n) is 6.04. The minimum absolute atomic E-state index is 0.0846. The molecule has 0 spiro atoms. The van der Waals surface area contributed by atoms with E-state index in [4.69, 9.17) is 4.74 Å². The van der Waals surface area contributed by atoms with Gasteiger partial charge in [-0.15, -0.1) is 0 Å². The molecule has 0 radical (unpaired) electrons. The number of amides is 1. The number of halogens is 2. The van der Waals surface area contributed by atoms with Gasteiger partial charge in [0.2, 0.25) is 5.91 Å². The Kier molecular flexibility index (Phi) is 8.39. The topological polar surface area (TPSA) is 64.6 Å². The maximum absolute atomic E-state index is 12.0. The van der Waals surface area contributed by atoms with E-state index < -0.39 is 36.6 Å². The van der Waals surface area contributed by atoms with E-state index in [-0.39, 0.29) is 18.9 Å². The zero-order chi connectivity index (χ0) is 16.6. The fourth-order valence-electron chi connectivity index (χ4n) is 1.45. The molecule has 7 heteroatoms. The molecule has 0 heterocycles. The zero-order valence-corrected chi connectivity index (χ0v) is 13.2. The van der Waals surface area contributed by atoms with E-state index in [0.717, 1.165) is 0 Å². The quantitative estimate of drug-likeness (QED) is 0.551. The minimum Gasteiger partial charge on any atom is -0.458 e. The molecule has 0 fully saturated rings. The number of rotatable bonds is 8. The molecular weight excluding hydrogens is 284 g/mol. The van der Waals surface area contributed by atoms with Gasteiger partial charge in [0.15, 0.2) is 0 Å². The summed E-state index contributed by atoms with van der Waals surface area (Å²) in [6.45, 7) is 7.96. The van der Waals surface area contributed by atoms with Gasteiger partial charge in [0.1, 0.15) is 18.2 Å². The van der Waals surface area contributed by atoms with Crippen molar-refractivity contribution in [2.75, 3.05) is 13.2 Å². The fourth-order valence-corrected chi connectivity index (χ4v) is 1.45. The van der Waals surface area contributed by atoms with Crippen molar-refractivity contribution in [3.63, 3.8) is 0 Å². The van der Waals surface area contributed by atoms with Crippen LogP contribution in [0.2, 0.25) is 0 Å². The number of carbonyl (C=O) groups excluding carboxylic acids is 2. The molecular formula is C14H25F2NO4. The van der Waals surface area contributed by atoms with Gasteiger partial charge in [-0.25, -0.2) is 13.6 Å². The molecule has 0 aliphatic rings. The lowest BCUT2D eigenvalue weighted by atomic mass is 10.0. The molecule has 124 valence electrons. The largest absolute Gasteiger partial charge is 0.458 e. The predicted molar refractivity (Wildman–Crippen MR) is 74.1 cm³/mol. The molecule has 0 aliphatic heterocycles. The zero-order valence-electron chi connectivity index (χ0n) is 13.2. The van der Waals surface area contributed by atoms with Crippen molar-refractivity contribution < 1.29 is 27.8 Å². The average molecular weight is 309 g/mol. The fraction of sp³-hybridized carbons (Fsp3) is 0.857. The van der Waals surface area contributed by atoms with Gasteiger partial charge in [0, 0.05) is 6.42 Å². The molecule has 21 heavy (non-hydrogen) atoms. The van der Waals surface area contributed by atoms with Gasteiger partial charge in [0.25, 0.3) is 6.43 Å². The summed E-state index contributed by atoms with van der Waals surface area (Å²) < 4.78 is 33.6. The number of nitrogens with one attached hydrogen (secondary N) is 1. The van der Waals surface area contributed by atoms with Crippen LogP contribution in [0.5, 0.6) is 0 Å². The molecule has 0 aliphatic carbocycles. The number of esters is 1. The lowest BCUT2D eigenvalue weighted by Crippen LogP contribution is -2.47. The molecule has 0 saturated heterocycles. The number of ether oxygens (including phenoxy) is 2. The van der Waals surface area contributed by atoms with Crippen molar-refractivity contribution in [2.24, 2.45) is 5.92 Å². The Morgan fingerprint density at radius 2 is 1.76 bits per heavy atom. The summed E-state index contributed by atoms with van der Waals surface area (Å²) in [7, 11) is 0. The van der Waals surface area contributed by atoms with E-state index in [1.54, 1.807) is 34.6 Å². The normalized spacial score (nSPS) is 13.4. The molecule has 0 bridgehead atoms. The molecule has 1 atom stereocenters. The standard InChI is InChI=1S/C14H25F2NO4/c1-9(2)12(13(19)21-14(3,4)5)17-11(18)6-7-20-8-10(15)16/h9-10,12H,6-8H2,1-5H3,(H,17,18)/t12-/m1/s1. The van der Waals surface area contributed by atoms with Crippen LogP contribution in [0.15, 0.2) is 0 Å². The van der Waals surface area contributed by atoms with E-state index in [2.05, 4.69) is 10.1 Å². The Morgan fingerprint density at radius 3 is 2.19 bits per heavy atom. The second-order valence-corrected chi connectivity index (χ2v) is 6.04.